The monoisotopic (exact) mass is 724 g/mol. The third-order valence-electron chi connectivity index (χ3n) is 10.7. The smallest absolute Gasteiger partial charge is 0.321 e. The minimum absolute atomic E-state index is 0. The van der Waals surface area contributed by atoms with E-state index in [4.69, 9.17) is 9.84 Å². The lowest BCUT2D eigenvalue weighted by Gasteiger charge is -2.35. The van der Waals surface area contributed by atoms with Crippen LogP contribution in [0, 0.1) is 17.7 Å². The van der Waals surface area contributed by atoms with E-state index in [0.29, 0.717) is 11.8 Å². The van der Waals surface area contributed by atoms with E-state index in [1.165, 1.54) is 22.9 Å². The summed E-state index contributed by atoms with van der Waals surface area (Å²) in [5.41, 5.74) is 6.05. The van der Waals surface area contributed by atoms with Crippen molar-refractivity contribution in [3.63, 3.8) is 0 Å². The summed E-state index contributed by atoms with van der Waals surface area (Å²) in [4.78, 5) is 16.8. The van der Waals surface area contributed by atoms with Gasteiger partial charge in [0.1, 0.15) is 17.6 Å². The molecule has 2 aliphatic heterocycles. The predicted molar refractivity (Wildman–Crippen MR) is 196 cm³/mol. The molecular weight excluding hydrogens is 674 g/mol. The van der Waals surface area contributed by atoms with Crippen molar-refractivity contribution in [2.24, 2.45) is 11.8 Å². The van der Waals surface area contributed by atoms with Gasteiger partial charge in [-0.3, -0.25) is 14.4 Å². The van der Waals surface area contributed by atoms with Crippen LogP contribution in [0.2, 0.25) is 0 Å². The van der Waals surface area contributed by atoms with E-state index in [1.807, 2.05) is 33.0 Å². The number of piperidine rings is 1. The van der Waals surface area contributed by atoms with Crippen molar-refractivity contribution >= 4 is 43.2 Å². The van der Waals surface area contributed by atoms with Gasteiger partial charge in [-0.15, -0.1) is 37.2 Å². The van der Waals surface area contributed by atoms with Crippen molar-refractivity contribution in [1.29, 1.82) is 0 Å². The van der Waals surface area contributed by atoms with E-state index < -0.39 is 12.0 Å². The first kappa shape index (κ1) is 40.1. The number of nitrogens with zero attached hydrogens (tertiary/aromatic N) is 4. The van der Waals surface area contributed by atoms with Gasteiger partial charge in [0.2, 0.25) is 0 Å². The lowest BCUT2D eigenvalue weighted by atomic mass is 9.87. The molecule has 1 N–H and O–H groups in total. The van der Waals surface area contributed by atoms with Gasteiger partial charge in [-0.2, -0.15) is 5.10 Å². The van der Waals surface area contributed by atoms with Gasteiger partial charge in [-0.05, 0) is 111 Å². The number of benzene rings is 2. The van der Waals surface area contributed by atoms with Crippen LogP contribution in [0.15, 0.2) is 48.5 Å². The van der Waals surface area contributed by atoms with Gasteiger partial charge in [-0.1, -0.05) is 38.1 Å². The quantitative estimate of drug-likeness (QED) is 0.220. The molecule has 1 aromatic heterocycles. The van der Waals surface area contributed by atoms with Crippen LogP contribution < -0.4 is 4.74 Å². The number of carboxylic acid groups (broad SMARTS) is 1. The number of hydrogen-bond donors (Lipinski definition) is 1. The van der Waals surface area contributed by atoms with Gasteiger partial charge in [0.05, 0.1) is 12.3 Å². The summed E-state index contributed by atoms with van der Waals surface area (Å²) in [6, 6.07) is 15.6. The standard InChI is InChI=1S/C37H49FN4O3.3ClH/c1-5-42-34(21-31(39-42)17-25-9-10-27-13-16-45-35(27)18-25)26-11-14-41(15-12-26)23-29-20-32(40(4)36(24(2)3)37(43)44)22-33(29)28-7-6-8-30(38)19-28;;;/h6-10,18-19,21,24,26,29,32-33,36H,5,11-17,20,22-23H2,1-4H3,(H,43,44);3*1H/t29?,32?,33?,36-;;;/m1.../s1. The largest absolute Gasteiger partial charge is 0.493 e. The van der Waals surface area contributed by atoms with E-state index >= 15 is 0 Å². The molecule has 3 aromatic rings. The van der Waals surface area contributed by atoms with Gasteiger partial charge in [0, 0.05) is 43.6 Å². The number of carbonyl (C=O) groups is 1. The second-order valence-corrected chi connectivity index (χ2v) is 13.9. The highest BCUT2D eigenvalue weighted by molar-refractivity contribution is 5.86. The van der Waals surface area contributed by atoms with Gasteiger partial charge >= 0.3 is 5.97 Å². The lowest BCUT2D eigenvalue weighted by Crippen LogP contribution is -2.47. The average molecular weight is 726 g/mol. The normalized spacial score (nSPS) is 21.6. The van der Waals surface area contributed by atoms with Crippen molar-refractivity contribution in [2.75, 3.05) is 33.3 Å². The van der Waals surface area contributed by atoms with E-state index in [2.05, 4.69) is 45.7 Å². The Morgan fingerprint density at radius 3 is 2.50 bits per heavy atom. The first-order chi connectivity index (χ1) is 21.7. The number of aromatic nitrogens is 2. The summed E-state index contributed by atoms with van der Waals surface area (Å²) >= 11 is 0. The first-order valence-corrected chi connectivity index (χ1v) is 16.9. The summed E-state index contributed by atoms with van der Waals surface area (Å²) in [5.74, 6) is 1.11. The molecule has 1 aliphatic carbocycles. The Morgan fingerprint density at radius 1 is 1.08 bits per heavy atom. The van der Waals surface area contributed by atoms with Gasteiger partial charge < -0.3 is 14.7 Å². The Hall–Kier alpha value is -2.36. The number of carboxylic acids is 1. The summed E-state index contributed by atoms with van der Waals surface area (Å²) in [5, 5.41) is 15.0. The number of aryl methyl sites for hydroxylation is 1. The minimum atomic E-state index is -0.768. The van der Waals surface area contributed by atoms with Gasteiger partial charge in [0.15, 0.2) is 0 Å². The molecule has 6 rings (SSSR count). The molecule has 0 bridgehead atoms. The minimum Gasteiger partial charge on any atom is -0.493 e. The number of fused-ring (bicyclic) bond motifs is 1. The molecular formula is C37H52Cl3FN4O3. The topological polar surface area (TPSA) is 70.8 Å². The molecule has 7 nitrogen and oxygen atoms in total. The molecule has 2 fully saturated rings. The fourth-order valence-electron chi connectivity index (χ4n) is 8.36. The van der Waals surface area contributed by atoms with Crippen molar-refractivity contribution in [3.8, 4) is 5.75 Å². The SMILES string of the molecule is CCn1nc(Cc2ccc3c(c2)OCC3)cc1C1CCN(CC2CC(N(C)[C@@H](C(=O)O)C(C)C)CC2c2cccc(F)c2)CC1.Cl.Cl.Cl. The second-order valence-electron chi connectivity index (χ2n) is 13.9. The lowest BCUT2D eigenvalue weighted by molar-refractivity contribution is -0.145. The fourth-order valence-corrected chi connectivity index (χ4v) is 8.36. The molecule has 11 heteroatoms. The molecule has 4 atom stereocenters. The van der Waals surface area contributed by atoms with Crippen LogP contribution in [-0.2, 0) is 24.2 Å². The van der Waals surface area contributed by atoms with Gasteiger partial charge in [-0.25, -0.2) is 4.39 Å². The highest BCUT2D eigenvalue weighted by Crippen LogP contribution is 2.44. The third-order valence-corrected chi connectivity index (χ3v) is 10.7. The maximum absolute atomic E-state index is 14.3. The summed E-state index contributed by atoms with van der Waals surface area (Å²) < 4.78 is 22.3. The molecule has 0 radical (unpaired) electrons. The van der Waals surface area contributed by atoms with Crippen LogP contribution >= 0.6 is 37.2 Å². The number of likely N-dealkylation sites (N-methyl/N-ethyl adjacent to an activating group) is 1. The molecule has 1 saturated carbocycles. The van der Waals surface area contributed by atoms with Crippen LogP contribution in [0.3, 0.4) is 0 Å². The maximum atomic E-state index is 14.3. The molecule has 3 aliphatic rings. The molecule has 2 aromatic carbocycles. The summed E-state index contributed by atoms with van der Waals surface area (Å²) in [6.07, 6.45) is 5.77. The van der Waals surface area contributed by atoms with Crippen LogP contribution in [-0.4, -0.2) is 76.0 Å². The number of halogens is 4. The van der Waals surface area contributed by atoms with Crippen LogP contribution in [0.4, 0.5) is 4.39 Å². The Bertz CT molecular complexity index is 1500. The molecule has 0 spiro atoms. The highest BCUT2D eigenvalue weighted by atomic mass is 35.5. The molecule has 3 unspecified atom stereocenters. The van der Waals surface area contributed by atoms with E-state index in [-0.39, 0.29) is 60.9 Å². The van der Waals surface area contributed by atoms with Crippen molar-refractivity contribution in [1.82, 2.24) is 19.6 Å². The number of hydrogen-bond acceptors (Lipinski definition) is 5. The van der Waals surface area contributed by atoms with Crippen molar-refractivity contribution in [3.05, 3.63) is 82.4 Å². The predicted octanol–water partition coefficient (Wildman–Crippen LogP) is 7.62. The summed E-state index contributed by atoms with van der Waals surface area (Å²) in [7, 11) is 1.96. The Balaban J connectivity index is 0.00000208. The third kappa shape index (κ3) is 8.86. The number of likely N-dealkylation sites (tertiary alicyclic amines) is 1. The van der Waals surface area contributed by atoms with E-state index in [1.54, 1.807) is 6.07 Å². The second kappa shape index (κ2) is 17.5. The number of aliphatic carboxylic acids is 1. The van der Waals surface area contributed by atoms with Crippen LogP contribution in [0.1, 0.15) is 86.4 Å². The fraction of sp³-hybridized carbons (Fsp3) is 0.568. The Kier molecular flexibility index (Phi) is 14.6. The number of rotatable bonds is 11. The first-order valence-electron chi connectivity index (χ1n) is 16.9. The average Bonchev–Trinajstić information content (AvgIpc) is 3.75. The Morgan fingerprint density at radius 2 is 1.83 bits per heavy atom. The van der Waals surface area contributed by atoms with Crippen LogP contribution in [0.5, 0.6) is 5.75 Å². The molecule has 266 valence electrons. The molecule has 0 amide bonds. The van der Waals surface area contributed by atoms with Crippen molar-refractivity contribution < 1.29 is 19.0 Å². The van der Waals surface area contributed by atoms with Crippen molar-refractivity contribution in [2.45, 2.75) is 89.8 Å². The Labute approximate surface area is 303 Å². The van der Waals surface area contributed by atoms with E-state index in [9.17, 15) is 14.3 Å². The zero-order valence-electron chi connectivity index (χ0n) is 28.5. The molecule has 1 saturated heterocycles. The molecule has 48 heavy (non-hydrogen) atoms. The van der Waals surface area contributed by atoms with E-state index in [0.717, 1.165) is 88.3 Å². The zero-order valence-corrected chi connectivity index (χ0v) is 31.0. The number of ether oxygens (including phenoxy) is 1. The zero-order chi connectivity index (χ0) is 31.7. The van der Waals surface area contributed by atoms with Crippen LogP contribution in [0.25, 0.3) is 0 Å². The van der Waals surface area contributed by atoms with Gasteiger partial charge in [0.25, 0.3) is 0 Å². The highest BCUT2D eigenvalue weighted by Gasteiger charge is 2.42. The summed E-state index contributed by atoms with van der Waals surface area (Å²) in [6.45, 7) is 10.8. The maximum Gasteiger partial charge on any atom is 0.321 e. The molecule has 3 heterocycles.